The van der Waals surface area contributed by atoms with Crippen LogP contribution in [0, 0.1) is 0 Å². The molecule has 112 valence electrons. The number of hydrogen-bond donors (Lipinski definition) is 1. The fourth-order valence-corrected chi connectivity index (χ4v) is 2.28. The van der Waals surface area contributed by atoms with Gasteiger partial charge in [0.25, 0.3) is 0 Å². The summed E-state index contributed by atoms with van der Waals surface area (Å²) in [5.74, 6) is 0.921. The maximum atomic E-state index is 5.79. The number of nitrogens with one attached hydrogen (secondary N) is 1. The molecule has 0 unspecified atom stereocenters. The summed E-state index contributed by atoms with van der Waals surface area (Å²) in [5, 5.41) is 3.57. The third kappa shape index (κ3) is 5.24. The second-order valence-electron chi connectivity index (χ2n) is 5.31. The molecule has 21 heavy (non-hydrogen) atoms. The molecule has 0 saturated carbocycles. The van der Waals surface area contributed by atoms with Gasteiger partial charge in [-0.1, -0.05) is 56.3 Å². The summed E-state index contributed by atoms with van der Waals surface area (Å²) in [6, 6.07) is 19.2. The minimum Gasteiger partial charge on any atom is -0.489 e. The highest BCUT2D eigenvalue weighted by molar-refractivity contribution is 5.27. The van der Waals surface area contributed by atoms with Gasteiger partial charge in [-0.25, -0.2) is 0 Å². The Morgan fingerprint density at radius 1 is 0.857 bits per heavy atom. The molecule has 0 spiro atoms. The molecule has 0 radical (unpaired) electrons. The molecule has 0 bridgehead atoms. The van der Waals surface area contributed by atoms with Crippen molar-refractivity contribution in [1.29, 1.82) is 0 Å². The van der Waals surface area contributed by atoms with E-state index in [1.54, 1.807) is 0 Å². The quantitative estimate of drug-likeness (QED) is 0.767. The Morgan fingerprint density at radius 2 is 1.52 bits per heavy atom. The van der Waals surface area contributed by atoms with Crippen LogP contribution < -0.4 is 10.1 Å². The van der Waals surface area contributed by atoms with E-state index in [0.29, 0.717) is 12.6 Å². The van der Waals surface area contributed by atoms with Crippen LogP contribution in [-0.4, -0.2) is 6.04 Å². The monoisotopic (exact) mass is 283 g/mol. The largest absolute Gasteiger partial charge is 0.489 e. The average Bonchev–Trinajstić information content (AvgIpc) is 2.56. The van der Waals surface area contributed by atoms with Crippen molar-refractivity contribution in [3.63, 3.8) is 0 Å². The Kier molecular flexibility index (Phi) is 6.29. The van der Waals surface area contributed by atoms with Crippen molar-refractivity contribution in [2.24, 2.45) is 0 Å². The van der Waals surface area contributed by atoms with Crippen molar-refractivity contribution in [3.05, 3.63) is 65.7 Å². The maximum Gasteiger partial charge on any atom is 0.119 e. The fraction of sp³-hybridized carbons (Fsp3) is 0.368. The van der Waals surface area contributed by atoms with Crippen molar-refractivity contribution in [3.8, 4) is 5.75 Å². The first-order valence-corrected chi connectivity index (χ1v) is 7.80. The predicted molar refractivity (Wildman–Crippen MR) is 88.4 cm³/mol. The van der Waals surface area contributed by atoms with Crippen molar-refractivity contribution >= 4 is 0 Å². The van der Waals surface area contributed by atoms with Gasteiger partial charge in [0.1, 0.15) is 12.4 Å². The first kappa shape index (κ1) is 15.6. The van der Waals surface area contributed by atoms with Crippen LogP contribution in [0.1, 0.15) is 37.8 Å². The van der Waals surface area contributed by atoms with Crippen LogP contribution in [0.5, 0.6) is 5.75 Å². The van der Waals surface area contributed by atoms with Gasteiger partial charge < -0.3 is 10.1 Å². The van der Waals surface area contributed by atoms with Crippen molar-refractivity contribution in [2.45, 2.75) is 45.9 Å². The summed E-state index contributed by atoms with van der Waals surface area (Å²) >= 11 is 0. The van der Waals surface area contributed by atoms with E-state index in [0.717, 1.165) is 12.3 Å². The normalized spacial score (nSPS) is 10.8. The first-order chi connectivity index (χ1) is 10.3. The number of benzene rings is 2. The molecule has 0 amide bonds. The molecule has 0 aliphatic carbocycles. The number of hydrogen-bond acceptors (Lipinski definition) is 2. The van der Waals surface area contributed by atoms with Crippen molar-refractivity contribution in [2.75, 3.05) is 0 Å². The Morgan fingerprint density at radius 3 is 2.14 bits per heavy atom. The molecule has 2 aromatic rings. The molecule has 1 N–H and O–H groups in total. The summed E-state index contributed by atoms with van der Waals surface area (Å²) in [6.07, 6.45) is 2.35. The van der Waals surface area contributed by atoms with Gasteiger partial charge in [-0.3, -0.25) is 0 Å². The summed E-state index contributed by atoms with van der Waals surface area (Å²) in [6.45, 7) is 5.99. The van der Waals surface area contributed by atoms with E-state index >= 15 is 0 Å². The zero-order valence-electron chi connectivity index (χ0n) is 13.0. The van der Waals surface area contributed by atoms with Gasteiger partial charge in [0.2, 0.25) is 0 Å². The van der Waals surface area contributed by atoms with Crippen LogP contribution >= 0.6 is 0 Å². The van der Waals surface area contributed by atoms with Gasteiger partial charge in [-0.2, -0.15) is 0 Å². The van der Waals surface area contributed by atoms with Gasteiger partial charge in [-0.15, -0.1) is 0 Å². The lowest BCUT2D eigenvalue weighted by Crippen LogP contribution is -2.26. The van der Waals surface area contributed by atoms with Crippen LogP contribution in [0.15, 0.2) is 54.6 Å². The van der Waals surface area contributed by atoms with E-state index in [4.69, 9.17) is 4.74 Å². The second kappa shape index (κ2) is 8.48. The maximum absolute atomic E-state index is 5.79. The highest BCUT2D eigenvalue weighted by atomic mass is 16.5. The average molecular weight is 283 g/mol. The van der Waals surface area contributed by atoms with Crippen LogP contribution in [0.25, 0.3) is 0 Å². The Hall–Kier alpha value is -1.80. The van der Waals surface area contributed by atoms with Gasteiger partial charge in [-0.05, 0) is 36.1 Å². The van der Waals surface area contributed by atoms with E-state index in [2.05, 4.69) is 43.4 Å². The SMILES string of the molecule is CCC(CC)NCc1ccc(OCc2ccccc2)cc1. The minimum absolute atomic E-state index is 0.610. The molecule has 2 aromatic carbocycles. The fourth-order valence-electron chi connectivity index (χ4n) is 2.28. The topological polar surface area (TPSA) is 21.3 Å². The highest BCUT2D eigenvalue weighted by Crippen LogP contribution is 2.14. The molecule has 0 aliphatic rings. The molecule has 0 fully saturated rings. The number of rotatable bonds is 8. The lowest BCUT2D eigenvalue weighted by atomic mass is 10.1. The third-order valence-electron chi connectivity index (χ3n) is 3.75. The predicted octanol–water partition coefficient (Wildman–Crippen LogP) is 4.54. The van der Waals surface area contributed by atoms with Crippen LogP contribution in [0.4, 0.5) is 0 Å². The summed E-state index contributed by atoms with van der Waals surface area (Å²) in [5.41, 5.74) is 2.49. The lowest BCUT2D eigenvalue weighted by molar-refractivity contribution is 0.306. The molecular formula is C19H25NO. The summed E-state index contributed by atoms with van der Waals surface area (Å²) in [7, 11) is 0. The Balaban J connectivity index is 1.81. The molecule has 0 aromatic heterocycles. The zero-order chi connectivity index (χ0) is 14.9. The molecule has 0 aliphatic heterocycles. The molecular weight excluding hydrogens is 258 g/mol. The Labute approximate surface area is 128 Å². The minimum atomic E-state index is 0.610. The van der Waals surface area contributed by atoms with E-state index < -0.39 is 0 Å². The summed E-state index contributed by atoms with van der Waals surface area (Å²) < 4.78 is 5.79. The zero-order valence-corrected chi connectivity index (χ0v) is 13.0. The molecule has 0 atom stereocenters. The molecule has 0 heterocycles. The third-order valence-corrected chi connectivity index (χ3v) is 3.75. The van der Waals surface area contributed by atoms with E-state index in [1.165, 1.54) is 24.0 Å². The van der Waals surface area contributed by atoms with Gasteiger partial charge in [0, 0.05) is 12.6 Å². The molecule has 2 rings (SSSR count). The smallest absolute Gasteiger partial charge is 0.119 e. The van der Waals surface area contributed by atoms with Crippen molar-refractivity contribution in [1.82, 2.24) is 5.32 Å². The van der Waals surface area contributed by atoms with Crippen LogP contribution in [0.3, 0.4) is 0 Å². The summed E-state index contributed by atoms with van der Waals surface area (Å²) in [4.78, 5) is 0. The van der Waals surface area contributed by atoms with E-state index in [-0.39, 0.29) is 0 Å². The van der Waals surface area contributed by atoms with Gasteiger partial charge >= 0.3 is 0 Å². The molecule has 2 heteroatoms. The highest BCUT2D eigenvalue weighted by Gasteiger charge is 2.02. The number of ether oxygens (including phenoxy) is 1. The molecule has 2 nitrogen and oxygen atoms in total. The standard InChI is InChI=1S/C19H25NO/c1-3-18(4-2)20-14-16-10-12-19(13-11-16)21-15-17-8-6-5-7-9-17/h5-13,18,20H,3-4,14-15H2,1-2H3. The van der Waals surface area contributed by atoms with Gasteiger partial charge in [0.15, 0.2) is 0 Å². The van der Waals surface area contributed by atoms with E-state index in [1.807, 2.05) is 30.3 Å². The second-order valence-corrected chi connectivity index (χ2v) is 5.31. The van der Waals surface area contributed by atoms with Crippen molar-refractivity contribution < 1.29 is 4.74 Å². The molecule has 0 saturated heterocycles. The van der Waals surface area contributed by atoms with Crippen LogP contribution in [0.2, 0.25) is 0 Å². The van der Waals surface area contributed by atoms with Gasteiger partial charge in [0.05, 0.1) is 0 Å². The lowest BCUT2D eigenvalue weighted by Gasteiger charge is -2.14. The van der Waals surface area contributed by atoms with E-state index in [9.17, 15) is 0 Å². The Bertz CT molecular complexity index is 503. The van der Waals surface area contributed by atoms with Crippen LogP contribution in [-0.2, 0) is 13.2 Å². The first-order valence-electron chi connectivity index (χ1n) is 7.80.